The molecule has 1 aromatic carbocycles. The average molecular weight is 344 g/mol. The molecule has 1 aromatic heterocycles. The lowest BCUT2D eigenvalue weighted by atomic mass is 10.2. The van der Waals surface area contributed by atoms with Gasteiger partial charge in [0.25, 0.3) is 0 Å². The molecule has 2 aliphatic heterocycles. The molecule has 0 atom stereocenters. The Morgan fingerprint density at radius 1 is 0.875 bits per heavy atom. The van der Waals surface area contributed by atoms with Crippen LogP contribution in [0.4, 0.5) is 11.5 Å². The number of hydrogen-bond acceptors (Lipinski definition) is 4. The monoisotopic (exact) mass is 344 g/mol. The van der Waals surface area contributed by atoms with Crippen molar-refractivity contribution in [1.29, 1.82) is 0 Å². The van der Waals surface area contributed by atoms with Crippen LogP contribution in [-0.4, -0.2) is 50.4 Å². The van der Waals surface area contributed by atoms with Gasteiger partial charge in [0, 0.05) is 38.9 Å². The van der Waals surface area contributed by atoms with Crippen molar-refractivity contribution in [3.05, 3.63) is 54.2 Å². The Bertz CT molecular complexity index is 817. The van der Waals surface area contributed by atoms with Gasteiger partial charge in [-0.3, -0.25) is 4.31 Å². The average Bonchev–Trinajstić information content (AvgIpc) is 3.07. The van der Waals surface area contributed by atoms with Crippen LogP contribution in [0.5, 0.6) is 0 Å². The third-order valence-corrected chi connectivity index (χ3v) is 6.62. The summed E-state index contributed by atoms with van der Waals surface area (Å²) in [6.45, 7) is 2.81. The highest BCUT2D eigenvalue weighted by molar-refractivity contribution is 7.90. The highest BCUT2D eigenvalue weighted by atomic mass is 32.2. The zero-order valence-corrected chi connectivity index (χ0v) is 14.2. The molecule has 0 radical (unpaired) electrons. The van der Waals surface area contributed by atoms with E-state index >= 15 is 0 Å². The number of para-hydroxylation sites is 1. The molecule has 0 spiro atoms. The largest absolute Gasteiger partial charge is 0.354 e. The van der Waals surface area contributed by atoms with E-state index in [1.807, 2.05) is 42.5 Å². The minimum Gasteiger partial charge on any atom is -0.354 e. The van der Waals surface area contributed by atoms with Gasteiger partial charge in [0.05, 0.1) is 5.69 Å². The molecule has 0 amide bonds. The molecule has 3 heterocycles. The van der Waals surface area contributed by atoms with E-state index in [0.29, 0.717) is 32.7 Å². The van der Waals surface area contributed by atoms with Crippen molar-refractivity contribution in [2.24, 2.45) is 0 Å². The van der Waals surface area contributed by atoms with Gasteiger partial charge in [-0.2, -0.15) is 12.7 Å². The molecule has 2 aliphatic rings. The third kappa shape index (κ3) is 2.63. The molecule has 0 bridgehead atoms. The van der Waals surface area contributed by atoms with Gasteiger partial charge >= 0.3 is 10.2 Å². The van der Waals surface area contributed by atoms with Crippen molar-refractivity contribution in [2.45, 2.75) is 6.42 Å². The molecule has 2 aromatic rings. The Balaban J connectivity index is 1.49. The first-order valence-electron chi connectivity index (χ1n) is 8.18. The van der Waals surface area contributed by atoms with E-state index in [4.69, 9.17) is 0 Å². The Morgan fingerprint density at radius 3 is 2.38 bits per heavy atom. The molecular weight excluding hydrogens is 324 g/mol. The molecule has 0 N–H and O–H groups in total. The standard InChI is InChI=1S/C17H20N4O2S/c22-24(23,21-10-8-15-5-1-2-6-16(15)21)20-13-11-19(12-14-20)17-7-3-4-9-18-17/h1-7,9H,8,10-14H2. The first kappa shape index (κ1) is 15.4. The number of nitrogens with zero attached hydrogens (tertiary/aromatic N) is 4. The van der Waals surface area contributed by atoms with Crippen molar-refractivity contribution < 1.29 is 8.42 Å². The molecule has 0 unspecified atom stereocenters. The van der Waals surface area contributed by atoms with Gasteiger partial charge in [-0.25, -0.2) is 4.98 Å². The van der Waals surface area contributed by atoms with Crippen LogP contribution in [0.25, 0.3) is 0 Å². The minimum atomic E-state index is -3.46. The first-order valence-corrected chi connectivity index (χ1v) is 9.58. The van der Waals surface area contributed by atoms with Crippen LogP contribution in [0.2, 0.25) is 0 Å². The van der Waals surface area contributed by atoms with Crippen LogP contribution in [0.1, 0.15) is 5.56 Å². The van der Waals surface area contributed by atoms with Gasteiger partial charge in [-0.05, 0) is 30.2 Å². The Labute approximate surface area is 142 Å². The predicted molar refractivity (Wildman–Crippen MR) is 94.4 cm³/mol. The van der Waals surface area contributed by atoms with E-state index in [1.165, 1.54) is 0 Å². The summed E-state index contributed by atoms with van der Waals surface area (Å²) in [6.07, 6.45) is 2.54. The second kappa shape index (κ2) is 6.07. The van der Waals surface area contributed by atoms with Gasteiger partial charge in [0.2, 0.25) is 0 Å². The van der Waals surface area contributed by atoms with Crippen LogP contribution in [0.3, 0.4) is 0 Å². The summed E-state index contributed by atoms with van der Waals surface area (Å²) in [4.78, 5) is 6.47. The molecule has 24 heavy (non-hydrogen) atoms. The molecule has 0 saturated carbocycles. The van der Waals surface area contributed by atoms with E-state index in [9.17, 15) is 8.42 Å². The molecule has 7 heteroatoms. The maximum Gasteiger partial charge on any atom is 0.304 e. The Morgan fingerprint density at radius 2 is 1.62 bits per heavy atom. The van der Waals surface area contributed by atoms with Crippen molar-refractivity contribution in [1.82, 2.24) is 9.29 Å². The first-order chi connectivity index (χ1) is 11.7. The van der Waals surface area contributed by atoms with E-state index in [2.05, 4.69) is 9.88 Å². The number of anilines is 2. The van der Waals surface area contributed by atoms with Gasteiger partial charge in [-0.15, -0.1) is 0 Å². The zero-order chi connectivity index (χ0) is 16.6. The molecule has 6 nitrogen and oxygen atoms in total. The fourth-order valence-corrected chi connectivity index (χ4v) is 5.03. The number of pyridine rings is 1. The summed E-state index contributed by atoms with van der Waals surface area (Å²) in [7, 11) is -3.46. The molecule has 126 valence electrons. The van der Waals surface area contributed by atoms with Crippen molar-refractivity contribution >= 4 is 21.7 Å². The van der Waals surface area contributed by atoms with Crippen molar-refractivity contribution in [2.75, 3.05) is 41.9 Å². The summed E-state index contributed by atoms with van der Waals surface area (Å²) >= 11 is 0. The fraction of sp³-hybridized carbons (Fsp3) is 0.353. The predicted octanol–water partition coefficient (Wildman–Crippen LogP) is 1.51. The SMILES string of the molecule is O=S(=O)(N1CCN(c2ccccn2)CC1)N1CCc2ccccc21. The second-order valence-electron chi connectivity index (χ2n) is 6.03. The Hall–Kier alpha value is -2.12. The molecular formula is C17H20N4O2S. The van der Waals surface area contributed by atoms with Crippen LogP contribution < -0.4 is 9.21 Å². The minimum absolute atomic E-state index is 0.484. The van der Waals surface area contributed by atoms with Crippen LogP contribution >= 0.6 is 0 Å². The summed E-state index contributed by atoms with van der Waals surface area (Å²) in [5, 5.41) is 0. The van der Waals surface area contributed by atoms with Gasteiger partial charge < -0.3 is 4.90 Å². The number of benzene rings is 1. The highest BCUT2D eigenvalue weighted by Gasteiger charge is 2.35. The number of fused-ring (bicyclic) bond motifs is 1. The third-order valence-electron chi connectivity index (χ3n) is 4.66. The molecule has 1 saturated heterocycles. The van der Waals surface area contributed by atoms with Crippen LogP contribution in [0, 0.1) is 0 Å². The van der Waals surface area contributed by atoms with E-state index in [0.717, 1.165) is 23.5 Å². The molecule has 0 aliphatic carbocycles. The lowest BCUT2D eigenvalue weighted by Crippen LogP contribution is -2.53. The summed E-state index contributed by atoms with van der Waals surface area (Å²) in [5.41, 5.74) is 1.93. The summed E-state index contributed by atoms with van der Waals surface area (Å²) < 4.78 is 29.2. The highest BCUT2D eigenvalue weighted by Crippen LogP contribution is 2.31. The lowest BCUT2D eigenvalue weighted by molar-refractivity contribution is 0.382. The van der Waals surface area contributed by atoms with Gasteiger partial charge in [0.1, 0.15) is 5.82 Å². The van der Waals surface area contributed by atoms with Crippen molar-refractivity contribution in [3.63, 3.8) is 0 Å². The van der Waals surface area contributed by atoms with E-state index < -0.39 is 10.2 Å². The zero-order valence-electron chi connectivity index (χ0n) is 13.4. The molecule has 1 fully saturated rings. The maximum absolute atomic E-state index is 13.0. The molecule has 4 rings (SSSR count). The maximum atomic E-state index is 13.0. The number of piperazine rings is 1. The van der Waals surface area contributed by atoms with Crippen molar-refractivity contribution in [3.8, 4) is 0 Å². The Kier molecular flexibility index (Phi) is 3.90. The fourth-order valence-electron chi connectivity index (χ4n) is 3.38. The van der Waals surface area contributed by atoms with E-state index in [-0.39, 0.29) is 0 Å². The quantitative estimate of drug-likeness (QED) is 0.847. The normalized spacial score (nSPS) is 18.7. The summed E-state index contributed by atoms with van der Waals surface area (Å²) in [5.74, 6) is 0.904. The summed E-state index contributed by atoms with van der Waals surface area (Å²) in [6, 6.07) is 13.5. The van der Waals surface area contributed by atoms with Gasteiger partial charge in [0.15, 0.2) is 0 Å². The second-order valence-corrected chi connectivity index (χ2v) is 7.89. The van der Waals surface area contributed by atoms with Crippen LogP contribution in [0.15, 0.2) is 48.7 Å². The van der Waals surface area contributed by atoms with Crippen LogP contribution in [-0.2, 0) is 16.6 Å². The van der Waals surface area contributed by atoms with E-state index in [1.54, 1.807) is 14.8 Å². The smallest absolute Gasteiger partial charge is 0.304 e. The lowest BCUT2D eigenvalue weighted by Gasteiger charge is -2.36. The number of aromatic nitrogens is 1. The number of rotatable bonds is 3. The van der Waals surface area contributed by atoms with Gasteiger partial charge in [-0.1, -0.05) is 24.3 Å². The number of hydrogen-bond donors (Lipinski definition) is 0. The topological polar surface area (TPSA) is 56.8 Å².